The van der Waals surface area contributed by atoms with E-state index in [1.807, 2.05) is 60.6 Å². The Morgan fingerprint density at radius 2 is 1.88 bits per heavy atom. The van der Waals surface area contributed by atoms with Crippen LogP contribution in [0.5, 0.6) is 6.01 Å². The summed E-state index contributed by atoms with van der Waals surface area (Å²) in [5.41, 5.74) is 4.92. The van der Waals surface area contributed by atoms with Gasteiger partial charge < -0.3 is 19.1 Å². The summed E-state index contributed by atoms with van der Waals surface area (Å²) in [7, 11) is 0. The number of nitrogens with one attached hydrogen (secondary N) is 1. The third-order valence-corrected chi connectivity index (χ3v) is 7.26. The van der Waals surface area contributed by atoms with Gasteiger partial charge in [0.25, 0.3) is 0 Å². The molecular formula is C32H45N7O4. The molecule has 6 heterocycles. The molecule has 43 heavy (non-hydrogen) atoms. The Labute approximate surface area is 255 Å². The number of aryl methyl sites for hydroxylation is 2. The lowest BCUT2D eigenvalue weighted by molar-refractivity contribution is -0.141. The molecule has 3 aliphatic rings. The summed E-state index contributed by atoms with van der Waals surface area (Å²) in [6, 6.07) is 7.72. The van der Waals surface area contributed by atoms with Crippen molar-refractivity contribution in [2.75, 3.05) is 41.4 Å². The first-order valence-corrected chi connectivity index (χ1v) is 15.4. The lowest BCUT2D eigenvalue weighted by Gasteiger charge is -2.36. The Morgan fingerprint density at radius 3 is 2.58 bits per heavy atom. The zero-order valence-corrected chi connectivity index (χ0v) is 26.7. The number of hydrogen-bond donors (Lipinski definition) is 1. The largest absolute Gasteiger partial charge is 0.461 e. The summed E-state index contributed by atoms with van der Waals surface area (Å²) in [4.78, 5) is 35.9. The maximum absolute atomic E-state index is 13.7. The van der Waals surface area contributed by atoms with E-state index in [-0.39, 0.29) is 30.8 Å². The van der Waals surface area contributed by atoms with Crippen molar-refractivity contribution in [3.8, 4) is 17.3 Å². The van der Waals surface area contributed by atoms with Crippen LogP contribution in [0.1, 0.15) is 66.1 Å². The van der Waals surface area contributed by atoms with Gasteiger partial charge in [0.1, 0.15) is 18.5 Å². The van der Waals surface area contributed by atoms with Gasteiger partial charge >= 0.3 is 12.0 Å². The maximum atomic E-state index is 13.7. The fourth-order valence-electron chi connectivity index (χ4n) is 5.42. The summed E-state index contributed by atoms with van der Waals surface area (Å²) in [6.07, 6.45) is 4.84. The van der Waals surface area contributed by atoms with Crippen LogP contribution in [0.25, 0.3) is 11.3 Å². The van der Waals surface area contributed by atoms with Gasteiger partial charge in [-0.15, -0.1) is 0 Å². The number of ether oxygens (including phenoxy) is 3. The zero-order valence-electron chi connectivity index (χ0n) is 26.7. The molecular weight excluding hydrogens is 546 g/mol. The normalized spacial score (nSPS) is 19.4. The van der Waals surface area contributed by atoms with Crippen LogP contribution in [0.15, 0.2) is 36.7 Å². The monoisotopic (exact) mass is 591 g/mol. The minimum Gasteiger partial charge on any atom is -0.461 e. The first-order chi connectivity index (χ1) is 20.8. The molecule has 2 fully saturated rings. The highest BCUT2D eigenvalue weighted by atomic mass is 16.7. The van der Waals surface area contributed by atoms with Crippen LogP contribution in [-0.2, 0) is 15.9 Å². The molecule has 3 aromatic rings. The number of carbonyl (C=O) groups is 1. The number of amides is 2. The molecule has 2 atom stereocenters. The number of pyridine rings is 2. The molecule has 2 amide bonds. The summed E-state index contributed by atoms with van der Waals surface area (Å²) in [5, 5.41) is 2.95. The van der Waals surface area contributed by atoms with Gasteiger partial charge in [0, 0.05) is 36.7 Å². The number of aromatic nitrogens is 4. The highest BCUT2D eigenvalue weighted by molar-refractivity contribution is 6.04. The van der Waals surface area contributed by atoms with Gasteiger partial charge in [0.2, 0.25) is 0 Å². The smallest absolute Gasteiger partial charge is 0.329 e. The number of nitrogens with zero attached hydrogens (tertiary/aromatic N) is 6. The highest BCUT2D eigenvalue weighted by Gasteiger charge is 2.41. The molecule has 0 radical (unpaired) electrons. The first-order valence-electron chi connectivity index (χ1n) is 15.4. The van der Waals surface area contributed by atoms with E-state index >= 15 is 0 Å². The predicted octanol–water partition coefficient (Wildman–Crippen LogP) is 6.02. The fraction of sp³-hybridized carbons (Fsp3) is 0.531. The summed E-state index contributed by atoms with van der Waals surface area (Å²) < 4.78 is 17.1. The SMILES string of the molecule is CC.CC.CCc1cc2c(nc1-c1ccnc(C)c1)N(C(=O)Nc1ccnc(OCC3COC(C)(C)O3)n1)C1CCN2C1. The Hall–Kier alpha value is -3.83. The van der Waals surface area contributed by atoms with Crippen LogP contribution >= 0.6 is 0 Å². The zero-order chi connectivity index (χ0) is 31.1. The van der Waals surface area contributed by atoms with Gasteiger partial charge in [-0.2, -0.15) is 4.98 Å². The average Bonchev–Trinajstić information content (AvgIpc) is 3.60. The van der Waals surface area contributed by atoms with Crippen molar-refractivity contribution < 1.29 is 19.0 Å². The van der Waals surface area contributed by atoms with Crippen molar-refractivity contribution in [2.24, 2.45) is 0 Å². The second-order valence-corrected chi connectivity index (χ2v) is 10.6. The summed E-state index contributed by atoms with van der Waals surface area (Å²) in [5.74, 6) is 0.383. The number of rotatable bonds is 6. The van der Waals surface area contributed by atoms with Crippen molar-refractivity contribution in [1.29, 1.82) is 0 Å². The van der Waals surface area contributed by atoms with E-state index in [1.165, 1.54) is 0 Å². The first kappa shape index (κ1) is 32.1. The van der Waals surface area contributed by atoms with Gasteiger partial charge in [0.05, 0.1) is 24.0 Å². The van der Waals surface area contributed by atoms with E-state index in [1.54, 1.807) is 23.4 Å². The Morgan fingerprint density at radius 1 is 1.12 bits per heavy atom. The molecule has 2 bridgehead atoms. The van der Waals surface area contributed by atoms with E-state index in [0.29, 0.717) is 18.2 Å². The van der Waals surface area contributed by atoms with Gasteiger partial charge in [-0.05, 0) is 63.4 Å². The molecule has 0 spiro atoms. The topological polar surface area (TPSA) is 115 Å². The molecule has 11 heteroatoms. The van der Waals surface area contributed by atoms with Crippen molar-refractivity contribution >= 4 is 23.4 Å². The number of hydrogen-bond acceptors (Lipinski definition) is 9. The van der Waals surface area contributed by atoms with Gasteiger partial charge in [-0.25, -0.2) is 14.8 Å². The number of anilines is 3. The molecule has 0 aliphatic carbocycles. The predicted molar refractivity (Wildman–Crippen MR) is 169 cm³/mol. The summed E-state index contributed by atoms with van der Waals surface area (Å²) >= 11 is 0. The lowest BCUT2D eigenvalue weighted by Crippen LogP contribution is -2.48. The molecule has 1 N–H and O–H groups in total. The van der Waals surface area contributed by atoms with Crippen LogP contribution < -0.4 is 19.9 Å². The van der Waals surface area contributed by atoms with Crippen molar-refractivity contribution in [3.63, 3.8) is 0 Å². The Balaban J connectivity index is 0.00000102. The molecule has 232 valence electrons. The van der Waals surface area contributed by atoms with Crippen LogP contribution in [0, 0.1) is 6.92 Å². The molecule has 2 unspecified atom stereocenters. The standard InChI is InChI=1S/C28H33N7O4.2C2H6/c1-5-18-13-22-25(33-24(18)19-6-9-29-17(2)12-19)35(20-8-11-34(22)14-20)27(36)32-23-7-10-30-26(31-23)37-15-21-16-38-28(3,4)39-21;2*1-2/h6-7,9-10,12-13,20-21H,5,8,11,14-16H2,1-4H3,(H,30,31,32,36);2*1-2H3. The second-order valence-electron chi connectivity index (χ2n) is 10.6. The van der Waals surface area contributed by atoms with E-state index in [4.69, 9.17) is 19.2 Å². The molecule has 0 aromatic carbocycles. The van der Waals surface area contributed by atoms with Gasteiger partial charge in [0.15, 0.2) is 11.6 Å². The second kappa shape index (κ2) is 14.1. The van der Waals surface area contributed by atoms with Crippen LogP contribution in [0.4, 0.5) is 22.1 Å². The third kappa shape index (κ3) is 7.22. The third-order valence-electron chi connectivity index (χ3n) is 7.26. The Kier molecular flexibility index (Phi) is 10.5. The van der Waals surface area contributed by atoms with Crippen molar-refractivity contribution in [2.45, 2.75) is 86.2 Å². The fourth-order valence-corrected chi connectivity index (χ4v) is 5.42. The van der Waals surface area contributed by atoms with Crippen LogP contribution in [-0.4, -0.2) is 70.2 Å². The molecule has 11 nitrogen and oxygen atoms in total. The van der Waals surface area contributed by atoms with Crippen LogP contribution in [0.3, 0.4) is 0 Å². The number of carbonyl (C=O) groups excluding carboxylic acids is 1. The lowest BCUT2D eigenvalue weighted by atomic mass is 10.0. The minimum absolute atomic E-state index is 0.0185. The average molecular weight is 592 g/mol. The molecule has 0 saturated carbocycles. The summed E-state index contributed by atoms with van der Waals surface area (Å²) in [6.45, 7) is 18.2. The highest BCUT2D eigenvalue weighted by Crippen LogP contribution is 2.42. The van der Waals surface area contributed by atoms with E-state index in [9.17, 15) is 4.79 Å². The molecule has 2 saturated heterocycles. The van der Waals surface area contributed by atoms with Crippen molar-refractivity contribution in [3.05, 3.63) is 47.9 Å². The van der Waals surface area contributed by atoms with E-state index in [2.05, 4.69) is 38.2 Å². The van der Waals surface area contributed by atoms with Crippen LogP contribution in [0.2, 0.25) is 0 Å². The Bertz CT molecular complexity index is 1400. The minimum atomic E-state index is -0.632. The van der Waals surface area contributed by atoms with Gasteiger partial charge in [-0.3, -0.25) is 15.2 Å². The quantitative estimate of drug-likeness (QED) is 0.368. The molecule has 3 aromatic heterocycles. The number of fused-ring (bicyclic) bond motifs is 4. The molecule has 6 rings (SSSR count). The molecule has 3 aliphatic heterocycles. The van der Waals surface area contributed by atoms with Crippen molar-refractivity contribution in [1.82, 2.24) is 19.9 Å². The van der Waals surface area contributed by atoms with E-state index < -0.39 is 5.79 Å². The van der Waals surface area contributed by atoms with E-state index in [0.717, 1.165) is 54.1 Å². The maximum Gasteiger partial charge on any atom is 0.329 e. The number of urea groups is 1. The van der Waals surface area contributed by atoms with Gasteiger partial charge in [-0.1, -0.05) is 34.6 Å².